The maximum Gasteiger partial charge on any atom is 0.274 e. The molecule has 1 amide bonds. The number of nitrogens with one attached hydrogen (secondary N) is 1. The molecule has 0 saturated heterocycles. The first-order valence-corrected chi connectivity index (χ1v) is 11.8. The maximum atomic E-state index is 12.8. The monoisotopic (exact) mass is 461 g/mol. The maximum absolute atomic E-state index is 12.8. The van der Waals surface area contributed by atoms with E-state index < -0.39 is 15.9 Å². The van der Waals surface area contributed by atoms with Crippen molar-refractivity contribution in [2.45, 2.75) is 28.8 Å². The van der Waals surface area contributed by atoms with Crippen molar-refractivity contribution in [3.05, 3.63) is 54.1 Å². The second-order valence-corrected chi connectivity index (χ2v) is 9.53. The number of sulfonamides is 1. The van der Waals surface area contributed by atoms with Crippen LogP contribution in [0.5, 0.6) is 0 Å². The fourth-order valence-electron chi connectivity index (χ4n) is 3.01. The zero-order valence-corrected chi connectivity index (χ0v) is 18.9. The third-order valence-electron chi connectivity index (χ3n) is 4.70. The van der Waals surface area contributed by atoms with Gasteiger partial charge in [-0.05, 0) is 48.2 Å². The Bertz CT molecular complexity index is 1170. The lowest BCUT2D eigenvalue weighted by atomic mass is 10.2. The van der Waals surface area contributed by atoms with E-state index in [2.05, 4.69) is 10.2 Å². The first-order valence-electron chi connectivity index (χ1n) is 9.54. The quantitative estimate of drug-likeness (QED) is 0.391. The Balaban J connectivity index is 1.87. The second-order valence-electron chi connectivity index (χ2n) is 6.55. The van der Waals surface area contributed by atoms with E-state index in [4.69, 9.17) is 5.21 Å². The largest absolute Gasteiger partial charge is 0.305 e. The number of amides is 1. The minimum absolute atomic E-state index is 0.212. The van der Waals surface area contributed by atoms with Crippen LogP contribution in [0.4, 0.5) is 0 Å². The van der Waals surface area contributed by atoms with Gasteiger partial charge in [-0.15, -0.1) is 10.2 Å². The van der Waals surface area contributed by atoms with Crippen molar-refractivity contribution >= 4 is 27.7 Å². The van der Waals surface area contributed by atoms with E-state index in [1.807, 2.05) is 0 Å². The Hall–Kier alpha value is -2.73. The molecule has 0 bridgehead atoms. The molecule has 2 aromatic carbocycles. The molecule has 0 aliphatic rings. The van der Waals surface area contributed by atoms with Crippen molar-refractivity contribution in [2.75, 3.05) is 13.1 Å². The highest BCUT2D eigenvalue weighted by molar-refractivity contribution is 7.99. The van der Waals surface area contributed by atoms with Gasteiger partial charge < -0.3 is 4.57 Å². The summed E-state index contributed by atoms with van der Waals surface area (Å²) in [6.07, 6.45) is 0. The molecule has 1 aromatic heterocycles. The number of rotatable bonds is 8. The Kier molecular flexibility index (Phi) is 7.11. The van der Waals surface area contributed by atoms with Gasteiger partial charge in [0.15, 0.2) is 11.0 Å². The molecule has 164 valence electrons. The summed E-state index contributed by atoms with van der Waals surface area (Å²) in [6.45, 7) is 4.40. The highest BCUT2D eigenvalue weighted by Crippen LogP contribution is 2.30. The van der Waals surface area contributed by atoms with Crippen LogP contribution < -0.4 is 5.48 Å². The highest BCUT2D eigenvalue weighted by atomic mass is 32.2. The highest BCUT2D eigenvalue weighted by Gasteiger charge is 2.22. The summed E-state index contributed by atoms with van der Waals surface area (Å²) in [5.41, 5.74) is 2.57. The Labute approximate surface area is 185 Å². The van der Waals surface area contributed by atoms with Crippen LogP contribution in [-0.2, 0) is 17.1 Å². The topological polar surface area (TPSA) is 117 Å². The molecule has 0 fully saturated rings. The van der Waals surface area contributed by atoms with Crippen LogP contribution in [0.25, 0.3) is 11.4 Å². The Morgan fingerprint density at radius 2 is 1.81 bits per heavy atom. The number of hydrogen-bond donors (Lipinski definition) is 2. The first kappa shape index (κ1) is 22.9. The van der Waals surface area contributed by atoms with Gasteiger partial charge in [-0.2, -0.15) is 4.31 Å². The second kappa shape index (κ2) is 9.60. The van der Waals surface area contributed by atoms with Crippen molar-refractivity contribution in [3.8, 4) is 11.4 Å². The van der Waals surface area contributed by atoms with Gasteiger partial charge in [-0.3, -0.25) is 10.0 Å². The summed E-state index contributed by atoms with van der Waals surface area (Å²) in [4.78, 5) is 12.5. The predicted molar refractivity (Wildman–Crippen MR) is 116 cm³/mol. The van der Waals surface area contributed by atoms with Crippen molar-refractivity contribution in [3.63, 3.8) is 0 Å². The van der Waals surface area contributed by atoms with Gasteiger partial charge in [0, 0.05) is 36.2 Å². The van der Waals surface area contributed by atoms with Crippen molar-refractivity contribution < 1.29 is 18.4 Å². The van der Waals surface area contributed by atoms with Gasteiger partial charge in [-0.25, -0.2) is 13.9 Å². The number of aromatic nitrogens is 3. The molecule has 11 heteroatoms. The molecule has 31 heavy (non-hydrogen) atoms. The number of carbonyl (C=O) groups excluding carboxylic acids is 1. The summed E-state index contributed by atoms with van der Waals surface area (Å²) in [5, 5.41) is 17.8. The molecule has 3 rings (SSSR count). The van der Waals surface area contributed by atoms with E-state index in [9.17, 15) is 13.2 Å². The normalized spacial score (nSPS) is 11.6. The van der Waals surface area contributed by atoms with E-state index in [0.717, 1.165) is 4.90 Å². The molecular formula is C20H23N5O4S2. The lowest BCUT2D eigenvalue weighted by molar-refractivity contribution is 0.0706. The zero-order valence-electron chi connectivity index (χ0n) is 17.3. The van der Waals surface area contributed by atoms with E-state index in [1.165, 1.54) is 16.1 Å². The van der Waals surface area contributed by atoms with Crippen LogP contribution in [0, 0.1) is 0 Å². The number of nitrogens with zero attached hydrogens (tertiary/aromatic N) is 4. The van der Waals surface area contributed by atoms with Crippen LogP contribution in [0.3, 0.4) is 0 Å². The number of benzene rings is 2. The van der Waals surface area contributed by atoms with E-state index in [0.29, 0.717) is 35.2 Å². The summed E-state index contributed by atoms with van der Waals surface area (Å²) < 4.78 is 28.9. The predicted octanol–water partition coefficient (Wildman–Crippen LogP) is 2.78. The summed E-state index contributed by atoms with van der Waals surface area (Å²) in [7, 11) is -1.78. The van der Waals surface area contributed by atoms with Gasteiger partial charge in [0.05, 0.1) is 4.90 Å². The number of hydrogen-bond acceptors (Lipinski definition) is 7. The van der Waals surface area contributed by atoms with Gasteiger partial charge in [0.2, 0.25) is 10.0 Å². The zero-order chi connectivity index (χ0) is 22.6. The van der Waals surface area contributed by atoms with E-state index >= 15 is 0 Å². The fraction of sp³-hybridized carbons (Fsp3) is 0.250. The fourth-order valence-corrected chi connectivity index (χ4v) is 5.30. The molecule has 0 unspecified atom stereocenters. The minimum Gasteiger partial charge on any atom is -0.305 e. The molecule has 0 aliphatic heterocycles. The van der Waals surface area contributed by atoms with Crippen LogP contribution in [0.15, 0.2) is 63.5 Å². The van der Waals surface area contributed by atoms with Crippen LogP contribution in [-0.4, -0.2) is 51.7 Å². The van der Waals surface area contributed by atoms with Gasteiger partial charge >= 0.3 is 0 Å². The molecular weight excluding hydrogens is 438 g/mol. The smallest absolute Gasteiger partial charge is 0.274 e. The third kappa shape index (κ3) is 4.79. The van der Waals surface area contributed by atoms with Crippen molar-refractivity contribution in [1.82, 2.24) is 24.5 Å². The van der Waals surface area contributed by atoms with Crippen molar-refractivity contribution in [1.29, 1.82) is 0 Å². The SMILES string of the molecule is CCN(CC)S(=O)(=O)c1cccc(-c2nnc(Sc3ccc(C(=O)NO)cc3)n2C)c1. The summed E-state index contributed by atoms with van der Waals surface area (Å²) >= 11 is 1.35. The molecule has 0 atom stereocenters. The molecule has 0 radical (unpaired) electrons. The molecule has 0 spiro atoms. The van der Waals surface area contributed by atoms with Crippen LogP contribution >= 0.6 is 11.8 Å². The molecule has 0 aliphatic carbocycles. The standard InChI is InChI=1S/C20H23N5O4S2/c1-4-25(5-2)31(28,29)17-8-6-7-15(13-17)18-21-22-20(24(18)3)30-16-11-9-14(10-12-16)19(26)23-27/h6-13,27H,4-5H2,1-3H3,(H,23,26). The van der Waals surface area contributed by atoms with Crippen LogP contribution in [0.1, 0.15) is 24.2 Å². The molecule has 2 N–H and O–H groups in total. The average Bonchev–Trinajstić information content (AvgIpc) is 3.14. The van der Waals surface area contributed by atoms with Crippen LogP contribution in [0.2, 0.25) is 0 Å². The van der Waals surface area contributed by atoms with Gasteiger partial charge in [-0.1, -0.05) is 26.0 Å². The van der Waals surface area contributed by atoms with Gasteiger partial charge in [0.25, 0.3) is 5.91 Å². The summed E-state index contributed by atoms with van der Waals surface area (Å²) in [6, 6.07) is 13.3. The number of carbonyl (C=O) groups is 1. The lowest BCUT2D eigenvalue weighted by Crippen LogP contribution is -2.30. The number of hydroxylamine groups is 1. The van der Waals surface area contributed by atoms with Crippen molar-refractivity contribution in [2.24, 2.45) is 7.05 Å². The Morgan fingerprint density at radius 1 is 1.13 bits per heavy atom. The van der Waals surface area contributed by atoms with E-state index in [-0.39, 0.29) is 4.90 Å². The van der Waals surface area contributed by atoms with E-state index in [1.54, 1.807) is 79.5 Å². The summed E-state index contributed by atoms with van der Waals surface area (Å²) in [5.74, 6) is -0.0487. The third-order valence-corrected chi connectivity index (χ3v) is 7.79. The lowest BCUT2D eigenvalue weighted by Gasteiger charge is -2.18. The Morgan fingerprint density at radius 3 is 2.42 bits per heavy atom. The molecule has 1 heterocycles. The molecule has 0 saturated carbocycles. The van der Waals surface area contributed by atoms with Gasteiger partial charge in [0.1, 0.15) is 0 Å². The molecule has 9 nitrogen and oxygen atoms in total. The minimum atomic E-state index is -3.58. The first-order chi connectivity index (χ1) is 14.8. The average molecular weight is 462 g/mol. The molecule has 3 aromatic rings.